The smallest absolute Gasteiger partial charge is 0.222 e. The minimum atomic E-state index is -0.224. The monoisotopic (exact) mass is 306 g/mol. The second-order valence-corrected chi connectivity index (χ2v) is 6.81. The van der Waals surface area contributed by atoms with Crippen molar-refractivity contribution >= 4 is 5.91 Å². The number of fused-ring (bicyclic) bond motifs is 1. The standard InChI is InChI=1S/C16H26N4O2/c1-18-16(21)10-2-4-12(5-3-10)20-15-7-11-6-13(8-17)22-14(11)9-19-15/h10-15,19-20H,2-7,9H2,1H3,(H,18,21). The molecule has 1 aliphatic carbocycles. The fraction of sp³-hybridized carbons (Fsp3) is 0.875. The molecule has 6 nitrogen and oxygen atoms in total. The Morgan fingerprint density at radius 3 is 2.73 bits per heavy atom. The summed E-state index contributed by atoms with van der Waals surface area (Å²) in [5.41, 5.74) is 0. The molecule has 3 rings (SSSR count). The summed E-state index contributed by atoms with van der Waals surface area (Å²) in [6, 6.07) is 2.72. The molecular formula is C16H26N4O2. The Bertz CT molecular complexity index is 442. The van der Waals surface area contributed by atoms with Gasteiger partial charge in [-0.1, -0.05) is 0 Å². The lowest BCUT2D eigenvalue weighted by Crippen LogP contribution is -2.55. The van der Waals surface area contributed by atoms with Crippen LogP contribution in [0.2, 0.25) is 0 Å². The van der Waals surface area contributed by atoms with Crippen LogP contribution in [0.15, 0.2) is 0 Å². The lowest BCUT2D eigenvalue weighted by molar-refractivity contribution is -0.125. The van der Waals surface area contributed by atoms with Crippen LogP contribution in [0, 0.1) is 23.2 Å². The second kappa shape index (κ2) is 6.95. The number of nitriles is 1. The van der Waals surface area contributed by atoms with Gasteiger partial charge < -0.3 is 10.1 Å². The predicted octanol–water partition coefficient (Wildman–Crippen LogP) is 0.497. The molecule has 3 fully saturated rings. The quantitative estimate of drug-likeness (QED) is 0.707. The molecule has 6 heteroatoms. The summed E-state index contributed by atoms with van der Waals surface area (Å²) >= 11 is 0. The Labute approximate surface area is 132 Å². The highest BCUT2D eigenvalue weighted by molar-refractivity contribution is 5.78. The molecule has 3 N–H and O–H groups in total. The third-order valence-electron chi connectivity index (χ3n) is 5.41. The summed E-state index contributed by atoms with van der Waals surface area (Å²) in [6.07, 6.45) is 6.23. The largest absolute Gasteiger partial charge is 0.359 e. The van der Waals surface area contributed by atoms with Crippen molar-refractivity contribution in [2.24, 2.45) is 11.8 Å². The molecule has 0 bridgehead atoms. The average molecular weight is 306 g/mol. The van der Waals surface area contributed by atoms with E-state index in [2.05, 4.69) is 22.0 Å². The summed E-state index contributed by atoms with van der Waals surface area (Å²) in [4.78, 5) is 11.7. The van der Waals surface area contributed by atoms with Gasteiger partial charge in [0.05, 0.1) is 18.3 Å². The van der Waals surface area contributed by atoms with E-state index in [0.717, 1.165) is 45.1 Å². The van der Waals surface area contributed by atoms with Crippen molar-refractivity contribution in [3.63, 3.8) is 0 Å². The Morgan fingerprint density at radius 1 is 1.27 bits per heavy atom. The number of carbonyl (C=O) groups excluding carboxylic acids is 1. The topological polar surface area (TPSA) is 86.2 Å². The first-order valence-corrected chi connectivity index (χ1v) is 8.45. The highest BCUT2D eigenvalue weighted by Crippen LogP contribution is 2.32. The summed E-state index contributed by atoms with van der Waals surface area (Å²) in [6.45, 7) is 0.827. The maximum Gasteiger partial charge on any atom is 0.222 e. The van der Waals surface area contributed by atoms with Gasteiger partial charge in [-0.2, -0.15) is 5.26 Å². The number of hydrogen-bond donors (Lipinski definition) is 3. The van der Waals surface area contributed by atoms with Gasteiger partial charge in [0.15, 0.2) is 0 Å². The first-order chi connectivity index (χ1) is 10.7. The van der Waals surface area contributed by atoms with Crippen LogP contribution in [0.4, 0.5) is 0 Å². The van der Waals surface area contributed by atoms with Crippen molar-refractivity contribution in [3.05, 3.63) is 0 Å². The van der Waals surface area contributed by atoms with Gasteiger partial charge in [-0.25, -0.2) is 0 Å². The first kappa shape index (κ1) is 15.7. The van der Waals surface area contributed by atoms with E-state index in [1.54, 1.807) is 7.05 Å². The zero-order valence-corrected chi connectivity index (χ0v) is 13.2. The minimum Gasteiger partial charge on any atom is -0.359 e. The third kappa shape index (κ3) is 3.43. The molecule has 0 aromatic heterocycles. The number of nitrogens with zero attached hydrogens (tertiary/aromatic N) is 1. The van der Waals surface area contributed by atoms with Gasteiger partial charge >= 0.3 is 0 Å². The van der Waals surface area contributed by atoms with Crippen molar-refractivity contribution in [1.29, 1.82) is 5.26 Å². The normalized spacial score (nSPS) is 41.5. The van der Waals surface area contributed by atoms with Crippen molar-refractivity contribution < 1.29 is 9.53 Å². The molecular weight excluding hydrogens is 280 g/mol. The number of carbonyl (C=O) groups is 1. The summed E-state index contributed by atoms with van der Waals surface area (Å²) in [7, 11) is 1.72. The second-order valence-electron chi connectivity index (χ2n) is 6.81. The number of rotatable bonds is 3. The molecule has 4 atom stereocenters. The van der Waals surface area contributed by atoms with E-state index in [0.29, 0.717) is 18.1 Å². The number of amides is 1. The van der Waals surface area contributed by atoms with Crippen molar-refractivity contribution in [1.82, 2.24) is 16.0 Å². The molecule has 22 heavy (non-hydrogen) atoms. The molecule has 2 saturated heterocycles. The lowest BCUT2D eigenvalue weighted by Gasteiger charge is -2.37. The van der Waals surface area contributed by atoms with Crippen LogP contribution in [0.3, 0.4) is 0 Å². The highest BCUT2D eigenvalue weighted by Gasteiger charge is 2.40. The zero-order valence-electron chi connectivity index (χ0n) is 13.2. The fourth-order valence-electron chi connectivity index (χ4n) is 4.13. The van der Waals surface area contributed by atoms with Crippen LogP contribution in [-0.2, 0) is 9.53 Å². The maximum atomic E-state index is 11.7. The van der Waals surface area contributed by atoms with Crippen LogP contribution in [0.25, 0.3) is 0 Å². The van der Waals surface area contributed by atoms with E-state index in [9.17, 15) is 4.79 Å². The minimum absolute atomic E-state index is 0.183. The van der Waals surface area contributed by atoms with Gasteiger partial charge in [0.25, 0.3) is 0 Å². The van der Waals surface area contributed by atoms with E-state index in [1.807, 2.05) is 0 Å². The molecule has 0 aromatic carbocycles. The SMILES string of the molecule is CNC(=O)C1CCC(NC2CC3CC(C#N)OC3CN2)CC1. The van der Waals surface area contributed by atoms with E-state index >= 15 is 0 Å². The third-order valence-corrected chi connectivity index (χ3v) is 5.41. The molecule has 3 aliphatic rings. The Morgan fingerprint density at radius 2 is 2.05 bits per heavy atom. The predicted molar refractivity (Wildman–Crippen MR) is 81.7 cm³/mol. The Hall–Kier alpha value is -1.16. The summed E-state index contributed by atoms with van der Waals surface area (Å²) in [5, 5.41) is 18.9. The number of ether oxygens (including phenoxy) is 1. The van der Waals surface area contributed by atoms with Crippen molar-refractivity contribution in [2.45, 2.75) is 62.9 Å². The Kier molecular flexibility index (Phi) is 4.97. The van der Waals surface area contributed by atoms with Gasteiger partial charge in [0, 0.05) is 25.6 Å². The van der Waals surface area contributed by atoms with Gasteiger partial charge in [0.1, 0.15) is 6.10 Å². The maximum absolute atomic E-state index is 11.7. The van der Waals surface area contributed by atoms with Gasteiger partial charge in [0.2, 0.25) is 5.91 Å². The summed E-state index contributed by atoms with van der Waals surface area (Å²) < 4.78 is 5.71. The van der Waals surface area contributed by atoms with Crippen LogP contribution < -0.4 is 16.0 Å². The van der Waals surface area contributed by atoms with Crippen LogP contribution in [-0.4, -0.2) is 43.9 Å². The van der Waals surface area contributed by atoms with E-state index in [1.165, 1.54) is 0 Å². The molecule has 0 aromatic rings. The number of piperidine rings is 1. The van der Waals surface area contributed by atoms with E-state index < -0.39 is 0 Å². The first-order valence-electron chi connectivity index (χ1n) is 8.45. The Balaban J connectivity index is 1.43. The summed E-state index contributed by atoms with van der Waals surface area (Å²) in [5.74, 6) is 0.861. The number of nitrogens with one attached hydrogen (secondary N) is 3. The molecule has 2 aliphatic heterocycles. The molecule has 2 heterocycles. The molecule has 4 unspecified atom stereocenters. The lowest BCUT2D eigenvalue weighted by atomic mass is 9.84. The van der Waals surface area contributed by atoms with E-state index in [4.69, 9.17) is 10.00 Å². The number of hydrogen-bond acceptors (Lipinski definition) is 5. The van der Waals surface area contributed by atoms with Crippen molar-refractivity contribution in [2.75, 3.05) is 13.6 Å². The molecule has 122 valence electrons. The highest BCUT2D eigenvalue weighted by atomic mass is 16.5. The average Bonchev–Trinajstić information content (AvgIpc) is 2.97. The van der Waals surface area contributed by atoms with Crippen molar-refractivity contribution in [3.8, 4) is 6.07 Å². The van der Waals surface area contributed by atoms with Crippen LogP contribution in [0.5, 0.6) is 0 Å². The molecule has 1 amide bonds. The van der Waals surface area contributed by atoms with Gasteiger partial charge in [-0.15, -0.1) is 0 Å². The van der Waals surface area contributed by atoms with Gasteiger partial charge in [-0.05, 0) is 44.4 Å². The molecule has 1 saturated carbocycles. The molecule has 0 radical (unpaired) electrons. The zero-order chi connectivity index (χ0) is 15.5. The molecule has 0 spiro atoms. The fourth-order valence-corrected chi connectivity index (χ4v) is 4.13. The van der Waals surface area contributed by atoms with E-state index in [-0.39, 0.29) is 24.0 Å². The van der Waals surface area contributed by atoms with Crippen LogP contribution >= 0.6 is 0 Å². The van der Waals surface area contributed by atoms with Gasteiger partial charge in [-0.3, -0.25) is 15.4 Å². The van der Waals surface area contributed by atoms with Crippen LogP contribution in [0.1, 0.15) is 38.5 Å².